The number of carbonyl (C=O) groups excluding carboxylic acids is 1. The predicted octanol–water partition coefficient (Wildman–Crippen LogP) is 4.69. The Morgan fingerprint density at radius 1 is 0.593 bits per heavy atom. The number of ketones is 1. The van der Waals surface area contributed by atoms with Gasteiger partial charge in [0, 0.05) is 30.4 Å². The summed E-state index contributed by atoms with van der Waals surface area (Å²) in [6, 6.07) is 27.1. The topological polar surface area (TPSA) is 42.9 Å². The molecule has 0 unspecified atom stereocenters. The van der Waals surface area contributed by atoms with Crippen molar-refractivity contribution in [3.63, 3.8) is 0 Å². The van der Waals surface area contributed by atoms with Crippen LogP contribution in [0.5, 0.6) is 0 Å². The molecule has 3 nitrogen and oxygen atoms in total. The van der Waals surface area contributed by atoms with Gasteiger partial charge in [-0.2, -0.15) is 0 Å². The minimum Gasteiger partial charge on any atom is -0.292 e. The van der Waals surface area contributed by atoms with Gasteiger partial charge in [0.15, 0.2) is 5.78 Å². The van der Waals surface area contributed by atoms with E-state index in [-0.39, 0.29) is 5.78 Å². The van der Waals surface area contributed by atoms with Gasteiger partial charge in [-0.25, -0.2) is 0 Å². The van der Waals surface area contributed by atoms with E-state index in [1.54, 1.807) is 30.9 Å². The van der Waals surface area contributed by atoms with Crippen molar-refractivity contribution in [3.8, 4) is 0 Å². The average Bonchev–Trinajstić information content (AvgIpc) is 2.77. The quantitative estimate of drug-likeness (QED) is 0.490. The highest BCUT2D eigenvalue weighted by Gasteiger charge is 2.44. The summed E-state index contributed by atoms with van der Waals surface area (Å²) in [5.41, 5.74) is 2.20. The smallest absolute Gasteiger partial charge is 0.183 e. The fourth-order valence-corrected chi connectivity index (χ4v) is 3.57. The maximum absolute atomic E-state index is 14.0. The van der Waals surface area contributed by atoms with E-state index in [4.69, 9.17) is 0 Å². The summed E-state index contributed by atoms with van der Waals surface area (Å²) in [4.78, 5) is 22.5. The zero-order valence-corrected chi connectivity index (χ0v) is 14.7. The van der Waals surface area contributed by atoms with Gasteiger partial charge in [-0.1, -0.05) is 66.7 Å². The Morgan fingerprint density at radius 2 is 1.11 bits per heavy atom. The molecule has 0 saturated carbocycles. The Morgan fingerprint density at radius 3 is 1.59 bits per heavy atom. The van der Waals surface area contributed by atoms with Crippen LogP contribution in [0.3, 0.4) is 0 Å². The van der Waals surface area contributed by atoms with E-state index >= 15 is 0 Å². The van der Waals surface area contributed by atoms with Crippen LogP contribution < -0.4 is 0 Å². The second-order valence-electron chi connectivity index (χ2n) is 6.29. The summed E-state index contributed by atoms with van der Waals surface area (Å²) in [5, 5.41) is 0. The largest absolute Gasteiger partial charge is 0.292 e. The van der Waals surface area contributed by atoms with Crippen LogP contribution in [0.25, 0.3) is 0 Å². The van der Waals surface area contributed by atoms with Crippen LogP contribution in [0.2, 0.25) is 0 Å². The van der Waals surface area contributed by atoms with E-state index in [0.717, 1.165) is 16.7 Å². The summed E-state index contributed by atoms with van der Waals surface area (Å²) in [6.07, 6.45) is 6.79. The number of aromatic nitrogens is 2. The molecule has 0 amide bonds. The number of nitrogens with zero attached hydrogens (tertiary/aromatic N) is 2. The third kappa shape index (κ3) is 2.93. The van der Waals surface area contributed by atoms with Crippen molar-refractivity contribution in [2.75, 3.05) is 0 Å². The van der Waals surface area contributed by atoms with Crippen molar-refractivity contribution < 1.29 is 4.79 Å². The van der Waals surface area contributed by atoms with Gasteiger partial charge in [-0.15, -0.1) is 0 Å². The van der Waals surface area contributed by atoms with E-state index in [2.05, 4.69) is 9.97 Å². The average molecular weight is 350 g/mol. The zero-order valence-electron chi connectivity index (χ0n) is 14.7. The lowest BCUT2D eigenvalue weighted by atomic mass is 9.66. The van der Waals surface area contributed by atoms with Crippen LogP contribution >= 0.6 is 0 Å². The van der Waals surface area contributed by atoms with E-state index in [1.807, 2.05) is 78.9 Å². The van der Waals surface area contributed by atoms with E-state index in [0.29, 0.717) is 5.56 Å². The molecule has 0 fully saturated rings. The normalized spacial score (nSPS) is 11.1. The third-order valence-corrected chi connectivity index (χ3v) is 4.77. The maximum atomic E-state index is 14.0. The van der Waals surface area contributed by atoms with Gasteiger partial charge in [0.2, 0.25) is 0 Å². The lowest BCUT2D eigenvalue weighted by molar-refractivity contribution is 0.0934. The lowest BCUT2D eigenvalue weighted by Crippen LogP contribution is -2.38. The van der Waals surface area contributed by atoms with Gasteiger partial charge in [-0.05, 0) is 34.9 Å². The summed E-state index contributed by atoms with van der Waals surface area (Å²) in [6.45, 7) is 0. The van der Waals surface area contributed by atoms with Gasteiger partial charge in [-0.3, -0.25) is 14.8 Å². The number of benzene rings is 2. The molecule has 4 rings (SSSR count). The van der Waals surface area contributed by atoms with Gasteiger partial charge >= 0.3 is 0 Å². The first-order valence-corrected chi connectivity index (χ1v) is 8.80. The number of hydrogen-bond acceptors (Lipinski definition) is 3. The summed E-state index contributed by atoms with van der Waals surface area (Å²) < 4.78 is 0. The second kappa shape index (κ2) is 7.34. The fourth-order valence-electron chi connectivity index (χ4n) is 3.57. The Kier molecular flexibility index (Phi) is 4.58. The van der Waals surface area contributed by atoms with Crippen LogP contribution in [-0.4, -0.2) is 15.8 Å². The van der Waals surface area contributed by atoms with Crippen LogP contribution in [0, 0.1) is 0 Å². The van der Waals surface area contributed by atoms with Crippen molar-refractivity contribution in [3.05, 3.63) is 132 Å². The first kappa shape index (κ1) is 16.9. The van der Waals surface area contributed by atoms with Crippen molar-refractivity contribution in [1.29, 1.82) is 0 Å². The molecule has 0 atom stereocenters. The fraction of sp³-hybridized carbons (Fsp3) is 0.0417. The number of rotatable bonds is 5. The highest BCUT2D eigenvalue weighted by Crippen LogP contribution is 2.41. The molecule has 0 saturated heterocycles. The van der Waals surface area contributed by atoms with Gasteiger partial charge in [0.1, 0.15) is 5.41 Å². The Labute approximate surface area is 158 Å². The van der Waals surface area contributed by atoms with Crippen molar-refractivity contribution in [2.45, 2.75) is 5.41 Å². The number of carbonyl (C=O) groups is 1. The van der Waals surface area contributed by atoms with E-state index < -0.39 is 5.41 Å². The Bertz CT molecular complexity index is 920. The predicted molar refractivity (Wildman–Crippen MR) is 106 cm³/mol. The molecule has 0 spiro atoms. The van der Waals surface area contributed by atoms with Gasteiger partial charge in [0.05, 0.1) is 0 Å². The molecule has 0 bridgehead atoms. The van der Waals surface area contributed by atoms with E-state index in [9.17, 15) is 4.79 Å². The van der Waals surface area contributed by atoms with Crippen LogP contribution in [0.15, 0.2) is 110 Å². The highest BCUT2D eigenvalue weighted by molar-refractivity contribution is 6.09. The van der Waals surface area contributed by atoms with Gasteiger partial charge in [0.25, 0.3) is 0 Å². The van der Waals surface area contributed by atoms with Crippen LogP contribution in [0.1, 0.15) is 27.0 Å². The molecule has 2 aromatic heterocycles. The highest BCUT2D eigenvalue weighted by atomic mass is 16.1. The maximum Gasteiger partial charge on any atom is 0.183 e. The standard InChI is InChI=1S/C24H18N2O/c27-23(19-9-7-15-25-17-19)24(20-10-3-1-4-11-20,21-12-5-2-6-13-21)22-14-8-16-26-18-22/h1-18H. The molecular formula is C24H18N2O. The molecule has 2 heterocycles. The lowest BCUT2D eigenvalue weighted by Gasteiger charge is -2.34. The molecule has 27 heavy (non-hydrogen) atoms. The monoisotopic (exact) mass is 350 g/mol. The van der Waals surface area contributed by atoms with Gasteiger partial charge < -0.3 is 0 Å². The second-order valence-corrected chi connectivity index (χ2v) is 6.29. The first-order valence-electron chi connectivity index (χ1n) is 8.80. The van der Waals surface area contributed by atoms with Crippen LogP contribution in [0.4, 0.5) is 0 Å². The van der Waals surface area contributed by atoms with Crippen molar-refractivity contribution in [2.24, 2.45) is 0 Å². The molecule has 0 aliphatic carbocycles. The molecule has 3 heteroatoms. The van der Waals surface area contributed by atoms with Crippen LogP contribution in [-0.2, 0) is 5.41 Å². The Hall–Kier alpha value is -3.59. The number of pyridine rings is 2. The number of hydrogen-bond donors (Lipinski definition) is 0. The van der Waals surface area contributed by atoms with Crippen molar-refractivity contribution in [1.82, 2.24) is 9.97 Å². The summed E-state index contributed by atoms with van der Waals surface area (Å²) in [7, 11) is 0. The minimum atomic E-state index is -1.00. The van der Waals surface area contributed by atoms with E-state index in [1.165, 1.54) is 0 Å². The summed E-state index contributed by atoms with van der Waals surface area (Å²) in [5.74, 6) is -0.0269. The first-order chi connectivity index (χ1) is 13.3. The zero-order chi connectivity index (χ0) is 18.5. The molecule has 0 aliphatic rings. The molecular weight excluding hydrogens is 332 g/mol. The molecule has 0 N–H and O–H groups in total. The number of Topliss-reactive ketones (excluding diaryl/α,β-unsaturated/α-hetero) is 1. The molecule has 0 radical (unpaired) electrons. The molecule has 0 aliphatic heterocycles. The summed E-state index contributed by atoms with van der Waals surface area (Å²) >= 11 is 0. The Balaban J connectivity index is 2.08. The van der Waals surface area contributed by atoms with Crippen molar-refractivity contribution >= 4 is 5.78 Å². The minimum absolute atomic E-state index is 0.0269. The molecule has 4 aromatic rings. The third-order valence-electron chi connectivity index (χ3n) is 4.77. The molecule has 2 aromatic carbocycles. The molecule has 130 valence electrons. The SMILES string of the molecule is O=C(c1cccnc1)C(c1ccccc1)(c1ccccc1)c1cccnc1.